The highest BCUT2D eigenvalue weighted by atomic mass is 35.5. The van der Waals surface area contributed by atoms with E-state index in [4.69, 9.17) is 39.5 Å². The van der Waals surface area contributed by atoms with E-state index in [0.29, 0.717) is 15.7 Å². The van der Waals surface area contributed by atoms with Crippen molar-refractivity contribution >= 4 is 40.0 Å². The predicted molar refractivity (Wildman–Crippen MR) is 112 cm³/mol. The standard InChI is InChI=1S/C21H17Cl3N2O2/c1-28-14-5-2-4-12(10-14)15-6-3-7-16-19(21(24)27)25-26(20(15)16)18-9-8-13(22)11-17(18)23/h2,4-5,8-11,15H,3,6-7H2,1H3. The number of benzene rings is 2. The van der Waals surface area contributed by atoms with Crippen molar-refractivity contribution in [2.45, 2.75) is 25.2 Å². The van der Waals surface area contributed by atoms with Crippen LogP contribution in [0.1, 0.15) is 46.1 Å². The molecule has 0 radical (unpaired) electrons. The van der Waals surface area contributed by atoms with E-state index in [2.05, 4.69) is 11.2 Å². The minimum Gasteiger partial charge on any atom is -0.497 e. The summed E-state index contributed by atoms with van der Waals surface area (Å²) in [7, 11) is 1.65. The zero-order valence-electron chi connectivity index (χ0n) is 15.1. The van der Waals surface area contributed by atoms with Crippen LogP contribution in [0.2, 0.25) is 10.0 Å². The summed E-state index contributed by atoms with van der Waals surface area (Å²) in [4.78, 5) is 12.1. The van der Waals surface area contributed by atoms with Crippen LogP contribution in [-0.2, 0) is 6.42 Å². The Labute approximate surface area is 178 Å². The van der Waals surface area contributed by atoms with Crippen LogP contribution < -0.4 is 4.74 Å². The Morgan fingerprint density at radius 1 is 1.21 bits per heavy atom. The van der Waals surface area contributed by atoms with Crippen molar-refractivity contribution in [3.05, 3.63) is 75.0 Å². The lowest BCUT2D eigenvalue weighted by atomic mass is 9.82. The van der Waals surface area contributed by atoms with Crippen LogP contribution in [0.15, 0.2) is 42.5 Å². The monoisotopic (exact) mass is 434 g/mol. The normalized spacial score (nSPS) is 15.9. The van der Waals surface area contributed by atoms with E-state index < -0.39 is 5.24 Å². The van der Waals surface area contributed by atoms with Crippen LogP contribution in [0.4, 0.5) is 0 Å². The maximum atomic E-state index is 12.1. The molecule has 3 aromatic rings. The number of fused-ring (bicyclic) bond motifs is 1. The summed E-state index contributed by atoms with van der Waals surface area (Å²) < 4.78 is 7.13. The molecule has 1 aliphatic rings. The minimum absolute atomic E-state index is 0.0443. The van der Waals surface area contributed by atoms with Gasteiger partial charge in [-0.3, -0.25) is 4.79 Å². The third kappa shape index (κ3) is 3.41. The molecule has 0 N–H and O–H groups in total. The van der Waals surface area contributed by atoms with Gasteiger partial charge in [-0.15, -0.1) is 0 Å². The van der Waals surface area contributed by atoms with Crippen molar-refractivity contribution < 1.29 is 9.53 Å². The number of methoxy groups -OCH3 is 1. The number of hydrogen-bond acceptors (Lipinski definition) is 3. The second-order valence-corrected chi connectivity index (χ2v) is 7.90. The summed E-state index contributed by atoms with van der Waals surface area (Å²) in [5.41, 5.74) is 3.87. The lowest BCUT2D eigenvalue weighted by molar-refractivity contribution is 0.107. The highest BCUT2D eigenvalue weighted by Gasteiger charge is 2.32. The fraction of sp³-hybridized carbons (Fsp3) is 0.238. The number of ether oxygens (including phenoxy) is 1. The van der Waals surface area contributed by atoms with Crippen LogP contribution in [-0.4, -0.2) is 22.1 Å². The van der Waals surface area contributed by atoms with Crippen molar-refractivity contribution in [2.75, 3.05) is 7.11 Å². The molecule has 28 heavy (non-hydrogen) atoms. The van der Waals surface area contributed by atoms with Crippen LogP contribution in [0.5, 0.6) is 5.75 Å². The summed E-state index contributed by atoms with van der Waals surface area (Å²) in [6.45, 7) is 0. The molecule has 2 aromatic carbocycles. The van der Waals surface area contributed by atoms with Crippen LogP contribution in [0.25, 0.3) is 5.69 Å². The maximum Gasteiger partial charge on any atom is 0.273 e. The molecule has 1 unspecified atom stereocenters. The number of rotatable bonds is 4. The number of aromatic nitrogens is 2. The average Bonchev–Trinajstić information content (AvgIpc) is 3.08. The van der Waals surface area contributed by atoms with E-state index >= 15 is 0 Å². The number of hydrogen-bond donors (Lipinski definition) is 0. The Hall–Kier alpha value is -2.01. The topological polar surface area (TPSA) is 44.1 Å². The van der Waals surface area contributed by atoms with Gasteiger partial charge in [-0.05, 0) is 66.8 Å². The van der Waals surface area contributed by atoms with Crippen molar-refractivity contribution in [1.29, 1.82) is 0 Å². The van der Waals surface area contributed by atoms with Gasteiger partial charge in [0.15, 0.2) is 0 Å². The molecule has 0 saturated carbocycles. The number of nitrogens with zero attached hydrogens (tertiary/aromatic N) is 2. The Morgan fingerprint density at radius 2 is 2.04 bits per heavy atom. The first-order valence-electron chi connectivity index (χ1n) is 8.90. The quantitative estimate of drug-likeness (QED) is 0.470. The highest BCUT2D eigenvalue weighted by molar-refractivity contribution is 6.67. The largest absolute Gasteiger partial charge is 0.497 e. The molecule has 1 aliphatic carbocycles. The third-order valence-electron chi connectivity index (χ3n) is 5.09. The number of carbonyl (C=O) groups is 1. The van der Waals surface area contributed by atoms with Gasteiger partial charge in [0.05, 0.1) is 23.5 Å². The van der Waals surface area contributed by atoms with Crippen molar-refractivity contribution in [2.24, 2.45) is 0 Å². The molecule has 144 valence electrons. The zero-order chi connectivity index (χ0) is 19.8. The molecule has 0 spiro atoms. The summed E-state index contributed by atoms with van der Waals surface area (Å²) in [6, 6.07) is 13.2. The molecule has 1 atom stereocenters. The smallest absolute Gasteiger partial charge is 0.273 e. The van der Waals surface area contributed by atoms with Gasteiger partial charge >= 0.3 is 0 Å². The first-order valence-corrected chi connectivity index (χ1v) is 10.0. The number of carbonyl (C=O) groups excluding carboxylic acids is 1. The van der Waals surface area contributed by atoms with Gasteiger partial charge in [0.2, 0.25) is 0 Å². The Kier molecular flexibility index (Phi) is 5.37. The van der Waals surface area contributed by atoms with Gasteiger partial charge in [-0.1, -0.05) is 35.3 Å². The lowest BCUT2D eigenvalue weighted by Crippen LogP contribution is -2.15. The Morgan fingerprint density at radius 3 is 2.75 bits per heavy atom. The molecule has 0 fully saturated rings. The molecule has 0 bridgehead atoms. The van der Waals surface area contributed by atoms with E-state index in [1.165, 1.54) is 0 Å². The summed E-state index contributed by atoms with van der Waals surface area (Å²) in [5, 5.41) is 4.98. The highest BCUT2D eigenvalue weighted by Crippen LogP contribution is 2.41. The summed E-state index contributed by atoms with van der Waals surface area (Å²) in [5.74, 6) is 0.830. The molecule has 1 heterocycles. The van der Waals surface area contributed by atoms with Gasteiger partial charge in [-0.25, -0.2) is 4.68 Å². The summed E-state index contributed by atoms with van der Waals surface area (Å²) in [6.07, 6.45) is 2.61. The van der Waals surface area contributed by atoms with Gasteiger partial charge in [-0.2, -0.15) is 5.10 Å². The van der Waals surface area contributed by atoms with Crippen molar-refractivity contribution in [3.8, 4) is 11.4 Å². The number of halogens is 3. The average molecular weight is 436 g/mol. The molecular formula is C21H17Cl3N2O2. The molecule has 4 nitrogen and oxygen atoms in total. The predicted octanol–water partition coefficient (Wildman–Crippen LogP) is 6.03. The van der Waals surface area contributed by atoms with E-state index in [0.717, 1.165) is 41.8 Å². The van der Waals surface area contributed by atoms with Crippen LogP contribution >= 0.6 is 34.8 Å². The fourth-order valence-electron chi connectivity index (χ4n) is 3.86. The SMILES string of the molecule is COc1cccc(C2CCCc3c(C(=O)Cl)nn(-c4ccc(Cl)cc4Cl)c32)c1. The van der Waals surface area contributed by atoms with Gasteiger partial charge in [0.1, 0.15) is 11.4 Å². The second-order valence-electron chi connectivity index (χ2n) is 6.72. The van der Waals surface area contributed by atoms with Gasteiger partial charge < -0.3 is 4.74 Å². The van der Waals surface area contributed by atoms with Crippen LogP contribution in [0.3, 0.4) is 0 Å². The Balaban J connectivity index is 1.95. The van der Waals surface area contributed by atoms with Crippen molar-refractivity contribution in [1.82, 2.24) is 9.78 Å². The maximum absolute atomic E-state index is 12.1. The molecule has 0 aliphatic heterocycles. The van der Waals surface area contributed by atoms with E-state index in [1.807, 2.05) is 18.2 Å². The first-order chi connectivity index (χ1) is 13.5. The minimum atomic E-state index is -0.564. The van der Waals surface area contributed by atoms with Crippen molar-refractivity contribution in [3.63, 3.8) is 0 Å². The van der Waals surface area contributed by atoms with E-state index in [1.54, 1.807) is 30.0 Å². The molecule has 7 heteroatoms. The zero-order valence-corrected chi connectivity index (χ0v) is 17.4. The third-order valence-corrected chi connectivity index (χ3v) is 5.81. The first kappa shape index (κ1) is 19.3. The molecular weight excluding hydrogens is 419 g/mol. The molecule has 0 saturated heterocycles. The summed E-state index contributed by atoms with van der Waals surface area (Å²) >= 11 is 18.4. The molecule has 4 rings (SSSR count). The van der Waals surface area contributed by atoms with Gasteiger partial charge in [0.25, 0.3) is 5.24 Å². The molecule has 0 amide bonds. The Bertz CT molecular complexity index is 1060. The molecule has 1 aromatic heterocycles. The van der Waals surface area contributed by atoms with Gasteiger partial charge in [0, 0.05) is 16.5 Å². The van der Waals surface area contributed by atoms with Crippen LogP contribution in [0, 0.1) is 0 Å². The fourth-order valence-corrected chi connectivity index (χ4v) is 4.51. The lowest BCUT2D eigenvalue weighted by Gasteiger charge is -2.25. The van der Waals surface area contributed by atoms with E-state index in [-0.39, 0.29) is 11.6 Å². The van der Waals surface area contributed by atoms with E-state index in [9.17, 15) is 4.79 Å². The second kappa shape index (κ2) is 7.78.